The number of carbonyl (C=O) groups excluding carboxylic acids is 3. The van der Waals surface area contributed by atoms with Crippen LogP contribution in [0.2, 0.25) is 0 Å². The molecule has 31 heavy (non-hydrogen) atoms. The predicted molar refractivity (Wildman–Crippen MR) is 117 cm³/mol. The fourth-order valence-electron chi connectivity index (χ4n) is 3.34. The van der Waals surface area contributed by atoms with Gasteiger partial charge in [-0.1, -0.05) is 60.7 Å². The van der Waals surface area contributed by atoms with E-state index in [4.69, 9.17) is 9.47 Å². The minimum atomic E-state index is -1.13. The Balaban J connectivity index is 2.40. The number of nitrogens with zero attached hydrogens (tertiary/aromatic N) is 1. The van der Waals surface area contributed by atoms with Gasteiger partial charge in [0.2, 0.25) is 0 Å². The second-order valence-corrected chi connectivity index (χ2v) is 7.12. The van der Waals surface area contributed by atoms with Crippen LogP contribution < -0.4 is 5.32 Å². The lowest BCUT2D eigenvalue weighted by molar-refractivity contribution is -0.154. The molecule has 0 spiro atoms. The first kappa shape index (κ1) is 23.9. The van der Waals surface area contributed by atoms with Crippen LogP contribution in [0.15, 0.2) is 60.7 Å². The molecule has 2 amide bonds. The molecule has 7 nitrogen and oxygen atoms in total. The second-order valence-electron chi connectivity index (χ2n) is 7.12. The van der Waals surface area contributed by atoms with Crippen molar-refractivity contribution in [2.24, 2.45) is 0 Å². The molecule has 3 atom stereocenters. The van der Waals surface area contributed by atoms with Crippen molar-refractivity contribution in [3.05, 3.63) is 71.8 Å². The SMILES string of the molecule is CCOC(=O)C(CC(=O)OC)N(C(=O)N[C@@H](C)c1ccccc1)[C@@H](C)c1ccccc1. The first-order valence-electron chi connectivity index (χ1n) is 10.3. The number of benzene rings is 2. The quantitative estimate of drug-likeness (QED) is 0.612. The maximum atomic E-state index is 13.4. The average Bonchev–Trinajstić information content (AvgIpc) is 2.79. The van der Waals surface area contributed by atoms with Gasteiger partial charge in [0.25, 0.3) is 0 Å². The summed E-state index contributed by atoms with van der Waals surface area (Å²) in [6.45, 7) is 5.48. The minimum Gasteiger partial charge on any atom is -0.469 e. The first-order valence-corrected chi connectivity index (χ1v) is 10.3. The summed E-state index contributed by atoms with van der Waals surface area (Å²) in [4.78, 5) is 39.6. The van der Waals surface area contributed by atoms with Gasteiger partial charge in [0.05, 0.1) is 32.2 Å². The van der Waals surface area contributed by atoms with Gasteiger partial charge in [0.15, 0.2) is 0 Å². The molecular formula is C24H30N2O5. The van der Waals surface area contributed by atoms with Gasteiger partial charge in [-0.05, 0) is 31.9 Å². The van der Waals surface area contributed by atoms with E-state index in [9.17, 15) is 14.4 Å². The van der Waals surface area contributed by atoms with E-state index in [1.54, 1.807) is 6.92 Å². The molecular weight excluding hydrogens is 396 g/mol. The summed E-state index contributed by atoms with van der Waals surface area (Å²) in [5.74, 6) is -1.26. The number of methoxy groups -OCH3 is 1. The van der Waals surface area contributed by atoms with E-state index in [0.29, 0.717) is 0 Å². The molecule has 1 unspecified atom stereocenters. The molecule has 7 heteroatoms. The van der Waals surface area contributed by atoms with Gasteiger partial charge in [-0.25, -0.2) is 9.59 Å². The molecule has 0 aromatic heterocycles. The highest BCUT2D eigenvalue weighted by atomic mass is 16.5. The zero-order chi connectivity index (χ0) is 22.8. The first-order chi connectivity index (χ1) is 14.9. The third-order valence-corrected chi connectivity index (χ3v) is 5.06. The molecule has 1 N–H and O–H groups in total. The fourth-order valence-corrected chi connectivity index (χ4v) is 3.34. The van der Waals surface area contributed by atoms with Crippen LogP contribution in [0.1, 0.15) is 50.4 Å². The van der Waals surface area contributed by atoms with Crippen LogP contribution in [0, 0.1) is 0 Å². The van der Waals surface area contributed by atoms with Crippen LogP contribution in [-0.4, -0.2) is 42.6 Å². The summed E-state index contributed by atoms with van der Waals surface area (Å²) >= 11 is 0. The van der Waals surface area contributed by atoms with E-state index in [2.05, 4.69) is 5.32 Å². The van der Waals surface area contributed by atoms with Crippen molar-refractivity contribution in [3.63, 3.8) is 0 Å². The number of amides is 2. The summed E-state index contributed by atoms with van der Waals surface area (Å²) in [5, 5.41) is 2.94. The van der Waals surface area contributed by atoms with Crippen LogP contribution >= 0.6 is 0 Å². The zero-order valence-corrected chi connectivity index (χ0v) is 18.4. The molecule has 0 bridgehead atoms. The van der Waals surface area contributed by atoms with Crippen LogP contribution in [0.3, 0.4) is 0 Å². The third-order valence-electron chi connectivity index (χ3n) is 5.06. The fraction of sp³-hybridized carbons (Fsp3) is 0.375. The number of esters is 2. The highest BCUT2D eigenvalue weighted by Crippen LogP contribution is 2.26. The van der Waals surface area contributed by atoms with E-state index in [-0.39, 0.29) is 19.1 Å². The smallest absolute Gasteiger partial charge is 0.329 e. The number of urea groups is 1. The molecule has 0 saturated heterocycles. The molecule has 2 aromatic rings. The molecule has 2 aromatic carbocycles. The number of hydrogen-bond donors (Lipinski definition) is 1. The molecule has 0 heterocycles. The Labute approximate surface area is 183 Å². The van der Waals surface area contributed by atoms with E-state index in [1.165, 1.54) is 12.0 Å². The summed E-state index contributed by atoms with van der Waals surface area (Å²) in [6, 6.07) is 16.4. The van der Waals surface area contributed by atoms with E-state index in [0.717, 1.165) is 11.1 Å². The summed E-state index contributed by atoms with van der Waals surface area (Å²) in [7, 11) is 1.24. The number of ether oxygens (including phenoxy) is 2. The van der Waals surface area contributed by atoms with Crippen LogP contribution in [0.25, 0.3) is 0 Å². The highest BCUT2D eigenvalue weighted by molar-refractivity contribution is 5.88. The van der Waals surface area contributed by atoms with E-state index >= 15 is 0 Å². The van der Waals surface area contributed by atoms with Crippen molar-refractivity contribution in [3.8, 4) is 0 Å². The number of carbonyl (C=O) groups is 3. The summed E-state index contributed by atoms with van der Waals surface area (Å²) in [6.07, 6.45) is -0.306. The Kier molecular flexibility index (Phi) is 9.06. The topological polar surface area (TPSA) is 84.9 Å². The standard InChI is InChI=1S/C24H30N2O5/c1-5-31-23(28)21(16-22(27)30-4)26(18(3)20-14-10-7-11-15-20)24(29)25-17(2)19-12-8-6-9-13-19/h6-15,17-18,21H,5,16H2,1-4H3,(H,25,29)/t17-,18-,21?/m0/s1. The Morgan fingerprint density at radius 1 is 0.935 bits per heavy atom. The molecule has 0 fully saturated rings. The number of nitrogens with one attached hydrogen (secondary N) is 1. The van der Waals surface area contributed by atoms with Gasteiger partial charge < -0.3 is 19.7 Å². The van der Waals surface area contributed by atoms with Gasteiger partial charge in [-0.2, -0.15) is 0 Å². The largest absolute Gasteiger partial charge is 0.469 e. The van der Waals surface area contributed by atoms with Gasteiger partial charge >= 0.3 is 18.0 Å². The van der Waals surface area contributed by atoms with Crippen molar-refractivity contribution in [2.45, 2.75) is 45.3 Å². The average molecular weight is 427 g/mol. The monoisotopic (exact) mass is 426 g/mol. The molecule has 2 rings (SSSR count). The van der Waals surface area contributed by atoms with Crippen molar-refractivity contribution in [1.82, 2.24) is 10.2 Å². The molecule has 0 aliphatic rings. The van der Waals surface area contributed by atoms with Crippen molar-refractivity contribution >= 4 is 18.0 Å². The maximum Gasteiger partial charge on any atom is 0.329 e. The summed E-state index contributed by atoms with van der Waals surface area (Å²) in [5.41, 5.74) is 1.74. The Morgan fingerprint density at radius 3 is 2.00 bits per heavy atom. The maximum absolute atomic E-state index is 13.4. The lowest BCUT2D eigenvalue weighted by atomic mass is 10.0. The van der Waals surface area contributed by atoms with Crippen molar-refractivity contribution in [2.75, 3.05) is 13.7 Å². The molecule has 0 saturated carbocycles. The van der Waals surface area contributed by atoms with Gasteiger partial charge in [-0.15, -0.1) is 0 Å². The van der Waals surface area contributed by atoms with Gasteiger partial charge in [-0.3, -0.25) is 4.79 Å². The summed E-state index contributed by atoms with van der Waals surface area (Å²) < 4.78 is 9.96. The Bertz CT molecular complexity index is 857. The number of rotatable bonds is 9. The minimum absolute atomic E-state index is 0.131. The van der Waals surface area contributed by atoms with Gasteiger partial charge in [0.1, 0.15) is 6.04 Å². The molecule has 166 valence electrons. The van der Waals surface area contributed by atoms with Crippen LogP contribution in [-0.2, 0) is 19.1 Å². The van der Waals surface area contributed by atoms with Crippen molar-refractivity contribution < 1.29 is 23.9 Å². The molecule has 0 aliphatic carbocycles. The van der Waals surface area contributed by atoms with Crippen LogP contribution in [0.4, 0.5) is 4.79 Å². The number of hydrogen-bond acceptors (Lipinski definition) is 5. The lowest BCUT2D eigenvalue weighted by Crippen LogP contribution is -2.52. The van der Waals surface area contributed by atoms with Gasteiger partial charge in [0, 0.05) is 0 Å². The normalized spacial score (nSPS) is 13.4. The Hall–Kier alpha value is -3.35. The zero-order valence-electron chi connectivity index (χ0n) is 18.4. The predicted octanol–water partition coefficient (Wildman–Crippen LogP) is 4.02. The second kappa shape index (κ2) is 11.7. The van der Waals surface area contributed by atoms with Crippen LogP contribution in [0.5, 0.6) is 0 Å². The Morgan fingerprint density at radius 2 is 1.48 bits per heavy atom. The third kappa shape index (κ3) is 6.57. The van der Waals surface area contributed by atoms with Crippen molar-refractivity contribution in [1.29, 1.82) is 0 Å². The van der Waals surface area contributed by atoms with E-state index < -0.39 is 30.1 Å². The molecule has 0 aliphatic heterocycles. The highest BCUT2D eigenvalue weighted by Gasteiger charge is 2.37. The van der Waals surface area contributed by atoms with E-state index in [1.807, 2.05) is 74.5 Å². The molecule has 0 radical (unpaired) electrons. The lowest BCUT2D eigenvalue weighted by Gasteiger charge is -2.36.